The molecule has 50 heavy (non-hydrogen) atoms. The number of aliphatic hydroxyl groups is 1. The van der Waals surface area contributed by atoms with Crippen molar-refractivity contribution in [2.24, 2.45) is 23.7 Å². The Balaban J connectivity index is 1.54. The van der Waals surface area contributed by atoms with Crippen LogP contribution in [0, 0.1) is 29.1 Å². The standard InChI is InChI=1S/C40H57N3O7/c1-24(2)30-22-29(49-16-10-15-44)13-14-32(30)42-33(36-34(46-6)11-9-12-35(36)47-7)23-31(41)37(45)43-40(38(48-8)50-39(3,4)5)27-18-25-17-26(20-27)21-28(40)19-25/h9,11-14,22-28,38,41-42,44H,10,15-21H2,1-8H3,(H,43,45)/p+1/b33-23-,41-31?. The highest BCUT2D eigenvalue weighted by Gasteiger charge is 2.62. The number of nitrogens with two attached hydrogens (primary N) is 1. The highest BCUT2D eigenvalue weighted by Crippen LogP contribution is 2.60. The van der Waals surface area contributed by atoms with Gasteiger partial charge in [0.05, 0.1) is 32.0 Å². The van der Waals surface area contributed by atoms with Crippen LogP contribution in [0.5, 0.6) is 17.2 Å². The number of amides is 1. The molecule has 5 N–H and O–H groups in total. The smallest absolute Gasteiger partial charge is 0.270 e. The second-order valence-electron chi connectivity index (χ2n) is 15.6. The van der Waals surface area contributed by atoms with E-state index in [9.17, 15) is 15.3 Å². The zero-order valence-electron chi connectivity index (χ0n) is 31.1. The first kappa shape index (κ1) is 37.8. The Labute approximate surface area is 297 Å². The number of nitrogens with one attached hydrogen (secondary N) is 2. The number of carbonyl (C=O) groups excluding carboxylic acids is 1. The van der Waals surface area contributed by atoms with Crippen LogP contribution in [0.25, 0.3) is 5.70 Å². The Morgan fingerprint density at radius 2 is 1.64 bits per heavy atom. The highest BCUT2D eigenvalue weighted by atomic mass is 16.7. The topological polar surface area (TPSA) is 136 Å². The Morgan fingerprint density at radius 1 is 1.02 bits per heavy atom. The summed E-state index contributed by atoms with van der Waals surface area (Å²) in [7, 11) is 4.86. The zero-order valence-corrected chi connectivity index (χ0v) is 31.1. The molecule has 0 aliphatic heterocycles. The van der Waals surface area contributed by atoms with Crippen LogP contribution in [-0.2, 0) is 14.3 Å². The maximum absolute atomic E-state index is 14.4. The van der Waals surface area contributed by atoms with Gasteiger partial charge in [-0.05, 0) is 107 Å². The summed E-state index contributed by atoms with van der Waals surface area (Å²) >= 11 is 0. The van der Waals surface area contributed by atoms with E-state index >= 15 is 0 Å². The van der Waals surface area contributed by atoms with Crippen molar-refractivity contribution in [1.29, 1.82) is 5.41 Å². The summed E-state index contributed by atoms with van der Waals surface area (Å²) in [6, 6.07) is 11.5. The van der Waals surface area contributed by atoms with Gasteiger partial charge in [-0.2, -0.15) is 0 Å². The second kappa shape index (κ2) is 15.8. The number of rotatable bonds is 16. The summed E-state index contributed by atoms with van der Waals surface area (Å²) in [5.74, 6) is 3.27. The molecule has 4 saturated carbocycles. The van der Waals surface area contributed by atoms with Gasteiger partial charge in [0.1, 0.15) is 34.2 Å². The van der Waals surface area contributed by atoms with Crippen LogP contribution in [0.3, 0.4) is 0 Å². The summed E-state index contributed by atoms with van der Waals surface area (Å²) in [5, 5.41) is 23.9. The van der Waals surface area contributed by atoms with Crippen LogP contribution < -0.4 is 24.8 Å². The normalized spacial score (nSPS) is 25.0. The van der Waals surface area contributed by atoms with E-state index in [2.05, 4.69) is 19.2 Å². The number of benzene rings is 2. The molecule has 0 radical (unpaired) electrons. The molecule has 1 atom stereocenters. The minimum atomic E-state index is -0.741. The van der Waals surface area contributed by atoms with Crippen molar-refractivity contribution in [3.63, 3.8) is 0 Å². The number of methoxy groups -OCH3 is 3. The number of aliphatic hydroxyl groups excluding tert-OH is 1. The molecule has 4 fully saturated rings. The molecule has 10 heteroatoms. The van der Waals surface area contributed by atoms with Gasteiger partial charge >= 0.3 is 0 Å². The van der Waals surface area contributed by atoms with E-state index in [4.69, 9.17) is 23.7 Å². The van der Waals surface area contributed by atoms with Gasteiger partial charge in [-0.1, -0.05) is 19.9 Å². The Bertz CT molecular complexity index is 1500. The summed E-state index contributed by atoms with van der Waals surface area (Å²) in [5.41, 5.74) is 1.78. The van der Waals surface area contributed by atoms with Gasteiger partial charge in [0.2, 0.25) is 0 Å². The van der Waals surface area contributed by atoms with Crippen LogP contribution >= 0.6 is 0 Å². The first-order chi connectivity index (χ1) is 23.8. The van der Waals surface area contributed by atoms with Crippen LogP contribution in [0.15, 0.2) is 42.5 Å². The fourth-order valence-corrected chi connectivity index (χ4v) is 8.78. The molecule has 0 spiro atoms. The molecule has 2 aromatic carbocycles. The van der Waals surface area contributed by atoms with Crippen molar-refractivity contribution in [3.8, 4) is 17.2 Å². The zero-order chi connectivity index (χ0) is 36.2. The van der Waals surface area contributed by atoms with Gasteiger partial charge in [0.25, 0.3) is 5.91 Å². The quantitative estimate of drug-likeness (QED) is 0.0740. The van der Waals surface area contributed by atoms with E-state index in [0.717, 1.165) is 42.7 Å². The maximum atomic E-state index is 14.4. The average Bonchev–Trinajstić information content (AvgIpc) is 3.07. The molecule has 1 unspecified atom stereocenters. The molecule has 1 amide bonds. The van der Waals surface area contributed by atoms with Gasteiger partial charge in [-0.25, -0.2) is 0 Å². The molecule has 0 aromatic heterocycles. The number of quaternary nitrogens is 1. The molecule has 0 heterocycles. The molecular weight excluding hydrogens is 634 g/mol. The van der Waals surface area contributed by atoms with E-state index in [0.29, 0.717) is 47.6 Å². The fourth-order valence-electron chi connectivity index (χ4n) is 8.78. The second-order valence-corrected chi connectivity index (χ2v) is 15.6. The summed E-state index contributed by atoms with van der Waals surface area (Å²) < 4.78 is 30.2. The third-order valence-electron chi connectivity index (χ3n) is 10.7. The predicted octanol–water partition coefficient (Wildman–Crippen LogP) is 5.94. The molecule has 10 nitrogen and oxygen atoms in total. The van der Waals surface area contributed by atoms with E-state index in [1.807, 2.05) is 62.5 Å². The van der Waals surface area contributed by atoms with Crippen LogP contribution in [0.1, 0.15) is 90.2 Å². The monoisotopic (exact) mass is 692 g/mol. The lowest BCUT2D eigenvalue weighted by atomic mass is 9.48. The van der Waals surface area contributed by atoms with Crippen LogP contribution in [-0.4, -0.2) is 68.7 Å². The SMILES string of the molecule is COc1cccc(OC)c1/C(=C/C(=N)C(=O)NC1(C(OC)OC(C)(C)C)C2CC3CC(C2)CC1C3)[NH2+]c1ccc(OCCCO)cc1C(C)C. The summed E-state index contributed by atoms with van der Waals surface area (Å²) in [6.07, 6.45) is 6.89. The first-order valence-electron chi connectivity index (χ1n) is 18.1. The molecule has 274 valence electrons. The van der Waals surface area contributed by atoms with Crippen molar-refractivity contribution in [2.45, 2.75) is 96.5 Å². The summed E-state index contributed by atoms with van der Waals surface area (Å²) in [6.45, 7) is 10.7. The van der Waals surface area contributed by atoms with E-state index < -0.39 is 23.3 Å². The lowest BCUT2D eigenvalue weighted by Gasteiger charge is -2.63. The summed E-state index contributed by atoms with van der Waals surface area (Å²) in [4.78, 5) is 14.4. The number of ether oxygens (including phenoxy) is 5. The molecule has 4 bridgehead atoms. The average molecular weight is 693 g/mol. The van der Waals surface area contributed by atoms with E-state index in [-0.39, 0.29) is 30.1 Å². The predicted molar refractivity (Wildman–Crippen MR) is 194 cm³/mol. The molecule has 4 aliphatic carbocycles. The third kappa shape index (κ3) is 8.04. The largest absolute Gasteiger partial charge is 0.496 e. The van der Waals surface area contributed by atoms with Gasteiger partial charge in [-0.15, -0.1) is 0 Å². The van der Waals surface area contributed by atoms with Crippen molar-refractivity contribution < 1.29 is 38.9 Å². The lowest BCUT2D eigenvalue weighted by Crippen LogP contribution is -2.75. The van der Waals surface area contributed by atoms with E-state index in [1.165, 1.54) is 6.42 Å². The third-order valence-corrected chi connectivity index (χ3v) is 10.7. The maximum Gasteiger partial charge on any atom is 0.270 e. The molecule has 4 aliphatic rings. The Kier molecular flexibility index (Phi) is 12.0. The van der Waals surface area contributed by atoms with E-state index in [1.54, 1.807) is 27.4 Å². The van der Waals surface area contributed by atoms with Gasteiger partial charge in [0, 0.05) is 37.8 Å². The molecule has 0 saturated heterocycles. The Hall–Kier alpha value is -3.44. The molecular formula is C40H58N3O7+. The van der Waals surface area contributed by atoms with Crippen molar-refractivity contribution >= 4 is 23.0 Å². The first-order valence-corrected chi connectivity index (χ1v) is 18.1. The fraction of sp³-hybridized carbons (Fsp3) is 0.600. The molecule has 6 rings (SSSR count). The van der Waals surface area contributed by atoms with Gasteiger partial charge in [-0.3, -0.25) is 15.5 Å². The lowest BCUT2D eigenvalue weighted by molar-refractivity contribution is -0.469. The van der Waals surface area contributed by atoms with Gasteiger partial charge < -0.3 is 34.1 Å². The highest BCUT2D eigenvalue weighted by molar-refractivity contribution is 6.43. The minimum Gasteiger partial charge on any atom is -0.496 e. The van der Waals surface area contributed by atoms with Crippen molar-refractivity contribution in [3.05, 3.63) is 53.6 Å². The Morgan fingerprint density at radius 3 is 2.16 bits per heavy atom. The van der Waals surface area contributed by atoms with Gasteiger partial charge in [0.15, 0.2) is 12.0 Å². The van der Waals surface area contributed by atoms with Crippen LogP contribution in [0.4, 0.5) is 5.69 Å². The van der Waals surface area contributed by atoms with Crippen LogP contribution in [0.2, 0.25) is 0 Å². The minimum absolute atomic E-state index is 0.0660. The van der Waals surface area contributed by atoms with Crippen molar-refractivity contribution in [2.75, 3.05) is 34.5 Å². The van der Waals surface area contributed by atoms with Crippen molar-refractivity contribution in [1.82, 2.24) is 5.32 Å². The number of hydrogen-bond donors (Lipinski definition) is 4. The molecule has 2 aromatic rings. The number of hydrogen-bond acceptors (Lipinski definition) is 8. The number of carbonyl (C=O) groups is 1.